The number of nitrogens with zero attached hydrogens (tertiary/aromatic N) is 2. The fourth-order valence-electron chi connectivity index (χ4n) is 3.68. The summed E-state index contributed by atoms with van der Waals surface area (Å²) in [5.74, 6) is -0.634. The molecule has 0 amide bonds. The Morgan fingerprint density at radius 2 is 1.60 bits per heavy atom. The summed E-state index contributed by atoms with van der Waals surface area (Å²) in [5, 5.41) is 9.12. The first-order valence-electron chi connectivity index (χ1n) is 8.39. The van der Waals surface area contributed by atoms with Crippen molar-refractivity contribution in [2.45, 2.75) is 70.4 Å². The third kappa shape index (κ3) is 4.45. The van der Waals surface area contributed by atoms with E-state index in [0.29, 0.717) is 0 Å². The summed E-state index contributed by atoms with van der Waals surface area (Å²) < 4.78 is 0. The number of aliphatic carboxylic acids is 1. The molecular weight excluding hydrogens is 252 g/mol. The summed E-state index contributed by atoms with van der Waals surface area (Å²) in [4.78, 5) is 15.8. The number of hydrogen-bond acceptors (Lipinski definition) is 3. The van der Waals surface area contributed by atoms with E-state index in [1.54, 1.807) is 0 Å². The zero-order chi connectivity index (χ0) is 14.4. The normalized spacial score (nSPS) is 28.2. The van der Waals surface area contributed by atoms with Gasteiger partial charge in [-0.05, 0) is 71.6 Å². The van der Waals surface area contributed by atoms with Crippen molar-refractivity contribution in [3.8, 4) is 0 Å². The van der Waals surface area contributed by atoms with Gasteiger partial charge in [0.25, 0.3) is 0 Å². The van der Waals surface area contributed by atoms with Gasteiger partial charge in [0.2, 0.25) is 0 Å². The second kappa shape index (κ2) is 7.99. The van der Waals surface area contributed by atoms with Crippen LogP contribution in [0, 0.1) is 0 Å². The van der Waals surface area contributed by atoms with Gasteiger partial charge in [-0.15, -0.1) is 0 Å². The van der Waals surface area contributed by atoms with Crippen molar-refractivity contribution in [2.24, 2.45) is 0 Å². The Morgan fingerprint density at radius 3 is 2.20 bits per heavy atom. The molecule has 2 rings (SSSR count). The third-order valence-electron chi connectivity index (χ3n) is 4.98. The topological polar surface area (TPSA) is 43.8 Å². The Balaban J connectivity index is 1.50. The van der Waals surface area contributed by atoms with Crippen molar-refractivity contribution in [1.82, 2.24) is 9.80 Å². The zero-order valence-corrected chi connectivity index (χ0v) is 12.9. The van der Waals surface area contributed by atoms with E-state index in [1.807, 2.05) is 0 Å². The molecule has 2 aliphatic rings. The van der Waals surface area contributed by atoms with Crippen molar-refractivity contribution in [1.29, 1.82) is 0 Å². The number of carbonyl (C=O) groups is 1. The van der Waals surface area contributed by atoms with E-state index in [0.717, 1.165) is 38.4 Å². The predicted octanol–water partition coefficient (Wildman–Crippen LogP) is 2.58. The van der Waals surface area contributed by atoms with E-state index in [9.17, 15) is 4.79 Å². The van der Waals surface area contributed by atoms with Gasteiger partial charge in [-0.2, -0.15) is 0 Å². The molecule has 2 heterocycles. The van der Waals surface area contributed by atoms with Crippen LogP contribution in [0.15, 0.2) is 0 Å². The van der Waals surface area contributed by atoms with Gasteiger partial charge in [0.05, 0.1) is 0 Å². The molecule has 116 valence electrons. The monoisotopic (exact) mass is 282 g/mol. The first kappa shape index (κ1) is 15.8. The highest BCUT2D eigenvalue weighted by molar-refractivity contribution is 5.73. The fraction of sp³-hybridized carbons (Fsp3) is 0.938. The molecule has 0 aliphatic carbocycles. The van der Waals surface area contributed by atoms with Crippen LogP contribution >= 0.6 is 0 Å². The van der Waals surface area contributed by atoms with E-state index in [2.05, 4.69) is 16.7 Å². The number of rotatable bonds is 8. The van der Waals surface area contributed by atoms with E-state index in [1.165, 1.54) is 45.2 Å². The summed E-state index contributed by atoms with van der Waals surface area (Å²) in [7, 11) is 0. The molecule has 2 saturated heterocycles. The maximum atomic E-state index is 11.1. The first-order chi connectivity index (χ1) is 9.68. The highest BCUT2D eigenvalue weighted by atomic mass is 16.4. The molecule has 1 N–H and O–H groups in total. The Kier molecular flexibility index (Phi) is 6.30. The summed E-state index contributed by atoms with van der Waals surface area (Å²) >= 11 is 0. The molecule has 4 heteroatoms. The van der Waals surface area contributed by atoms with E-state index >= 15 is 0 Å². The molecule has 0 spiro atoms. The molecule has 0 unspecified atom stereocenters. The minimum atomic E-state index is -0.634. The third-order valence-corrected chi connectivity index (χ3v) is 4.98. The molecule has 2 atom stereocenters. The van der Waals surface area contributed by atoms with Crippen molar-refractivity contribution in [2.75, 3.05) is 26.2 Å². The lowest BCUT2D eigenvalue weighted by molar-refractivity contribution is -0.142. The summed E-state index contributed by atoms with van der Waals surface area (Å²) in [6.07, 6.45) is 9.59. The zero-order valence-electron chi connectivity index (χ0n) is 12.9. The van der Waals surface area contributed by atoms with E-state index < -0.39 is 5.97 Å². The minimum Gasteiger partial charge on any atom is -0.480 e. The number of likely N-dealkylation sites (tertiary alicyclic amines) is 2. The molecule has 0 aromatic heterocycles. The molecule has 20 heavy (non-hydrogen) atoms. The van der Waals surface area contributed by atoms with Crippen molar-refractivity contribution >= 4 is 5.97 Å². The van der Waals surface area contributed by atoms with Gasteiger partial charge in [-0.3, -0.25) is 9.69 Å². The van der Waals surface area contributed by atoms with Crippen molar-refractivity contribution in [3.63, 3.8) is 0 Å². The smallest absolute Gasteiger partial charge is 0.320 e. The number of carboxylic acids is 1. The molecule has 4 nitrogen and oxygen atoms in total. The van der Waals surface area contributed by atoms with Gasteiger partial charge in [-0.1, -0.05) is 12.8 Å². The average Bonchev–Trinajstić information content (AvgIpc) is 3.03. The molecule has 0 bridgehead atoms. The molecule has 0 aromatic rings. The lowest BCUT2D eigenvalue weighted by Gasteiger charge is -2.22. The first-order valence-corrected chi connectivity index (χ1v) is 8.39. The van der Waals surface area contributed by atoms with E-state index in [-0.39, 0.29) is 6.04 Å². The predicted molar refractivity (Wildman–Crippen MR) is 81.0 cm³/mol. The van der Waals surface area contributed by atoms with Gasteiger partial charge in [0.15, 0.2) is 0 Å². The van der Waals surface area contributed by atoms with Crippen LogP contribution in [0.3, 0.4) is 0 Å². The van der Waals surface area contributed by atoms with Crippen LogP contribution < -0.4 is 0 Å². The van der Waals surface area contributed by atoms with Gasteiger partial charge in [-0.25, -0.2) is 0 Å². The number of unbranched alkanes of at least 4 members (excludes halogenated alkanes) is 3. The Hall–Kier alpha value is -0.610. The average molecular weight is 282 g/mol. The fourth-order valence-corrected chi connectivity index (χ4v) is 3.68. The van der Waals surface area contributed by atoms with Gasteiger partial charge in [0.1, 0.15) is 6.04 Å². The highest BCUT2D eigenvalue weighted by Crippen LogP contribution is 2.19. The SMILES string of the molecule is C[C@@H]1CCCN1CCCCCCN1CCC[C@H]1C(=O)O. The maximum Gasteiger partial charge on any atom is 0.320 e. The number of hydrogen-bond donors (Lipinski definition) is 1. The van der Waals surface area contributed by atoms with Crippen LogP contribution in [0.4, 0.5) is 0 Å². The summed E-state index contributed by atoms with van der Waals surface area (Å²) in [6, 6.07) is 0.580. The van der Waals surface area contributed by atoms with Crippen LogP contribution in [0.1, 0.15) is 58.3 Å². The molecule has 0 aromatic carbocycles. The molecule has 0 saturated carbocycles. The lowest BCUT2D eigenvalue weighted by Crippen LogP contribution is -2.36. The Bertz CT molecular complexity index is 309. The second-order valence-electron chi connectivity index (χ2n) is 6.47. The Labute approximate surface area is 123 Å². The number of carboxylic acid groups (broad SMARTS) is 1. The van der Waals surface area contributed by atoms with Crippen molar-refractivity contribution < 1.29 is 9.90 Å². The largest absolute Gasteiger partial charge is 0.480 e. The minimum absolute atomic E-state index is 0.208. The van der Waals surface area contributed by atoms with Crippen LogP contribution in [0.5, 0.6) is 0 Å². The van der Waals surface area contributed by atoms with Gasteiger partial charge >= 0.3 is 5.97 Å². The van der Waals surface area contributed by atoms with Gasteiger partial charge in [0, 0.05) is 6.04 Å². The molecule has 2 aliphatic heterocycles. The Morgan fingerprint density at radius 1 is 1.00 bits per heavy atom. The molecule has 0 radical (unpaired) electrons. The standard InChI is InChI=1S/C16H30N2O2/c1-14-8-6-12-17(14)10-4-2-3-5-11-18-13-7-9-15(18)16(19)20/h14-15H,2-13H2,1H3,(H,19,20)/t14-,15+/m1/s1. The van der Waals surface area contributed by atoms with Crippen LogP contribution in [-0.2, 0) is 4.79 Å². The van der Waals surface area contributed by atoms with Gasteiger partial charge < -0.3 is 10.0 Å². The molecular formula is C16H30N2O2. The second-order valence-corrected chi connectivity index (χ2v) is 6.47. The lowest BCUT2D eigenvalue weighted by atomic mass is 10.1. The van der Waals surface area contributed by atoms with Crippen molar-refractivity contribution in [3.05, 3.63) is 0 Å². The summed E-state index contributed by atoms with van der Waals surface area (Å²) in [6.45, 7) is 6.82. The highest BCUT2D eigenvalue weighted by Gasteiger charge is 2.29. The van der Waals surface area contributed by atoms with E-state index in [4.69, 9.17) is 5.11 Å². The van der Waals surface area contributed by atoms with Crippen LogP contribution in [0.2, 0.25) is 0 Å². The van der Waals surface area contributed by atoms with Crippen LogP contribution in [0.25, 0.3) is 0 Å². The maximum absolute atomic E-state index is 11.1. The quantitative estimate of drug-likeness (QED) is 0.695. The molecule has 2 fully saturated rings. The summed E-state index contributed by atoms with van der Waals surface area (Å²) in [5.41, 5.74) is 0. The van der Waals surface area contributed by atoms with Crippen LogP contribution in [-0.4, -0.2) is 59.1 Å².